The van der Waals surface area contributed by atoms with Gasteiger partial charge in [-0.15, -0.1) is 0 Å². The maximum absolute atomic E-state index is 13.1. The highest BCUT2D eigenvalue weighted by molar-refractivity contribution is 6.24. The summed E-state index contributed by atoms with van der Waals surface area (Å²) in [7, 11) is 1.26. The minimum absolute atomic E-state index is 0.0475. The minimum atomic E-state index is -1.07. The summed E-state index contributed by atoms with van der Waals surface area (Å²) in [4.78, 5) is 63.7. The smallest absolute Gasteiger partial charge is 0.315 e. The van der Waals surface area contributed by atoms with Gasteiger partial charge in [0, 0.05) is 53.2 Å². The summed E-state index contributed by atoms with van der Waals surface area (Å²) >= 11 is 0. The second-order valence-electron chi connectivity index (χ2n) is 10.5. The number of esters is 1. The van der Waals surface area contributed by atoms with Crippen LogP contribution in [-0.4, -0.2) is 45.6 Å². The summed E-state index contributed by atoms with van der Waals surface area (Å²) in [5.74, 6) is -1.50. The number of hydrogen-bond donors (Lipinski definition) is 3. The average Bonchev–Trinajstić information content (AvgIpc) is 3.04. The number of anilines is 4. The summed E-state index contributed by atoms with van der Waals surface area (Å²) in [5, 5.41) is 8.75. The van der Waals surface area contributed by atoms with Gasteiger partial charge < -0.3 is 20.7 Å². The third kappa shape index (κ3) is 6.67. The lowest BCUT2D eigenvalue weighted by Gasteiger charge is -2.27. The molecule has 0 fully saturated rings. The lowest BCUT2D eigenvalue weighted by molar-refractivity contribution is -0.149. The van der Waals surface area contributed by atoms with E-state index in [0.717, 1.165) is 22.5 Å². The van der Waals surface area contributed by atoms with Gasteiger partial charge in [-0.2, -0.15) is 0 Å². The Labute approximate surface area is 253 Å². The molecule has 0 unspecified atom stereocenters. The van der Waals surface area contributed by atoms with Crippen molar-refractivity contribution < 1.29 is 23.9 Å². The number of pyridine rings is 1. The highest BCUT2D eigenvalue weighted by Crippen LogP contribution is 2.34. The van der Waals surface area contributed by atoms with E-state index in [1.807, 2.05) is 37.3 Å². The van der Waals surface area contributed by atoms with Crippen molar-refractivity contribution in [3.05, 3.63) is 102 Å². The van der Waals surface area contributed by atoms with Crippen molar-refractivity contribution in [2.75, 3.05) is 23.1 Å². The maximum Gasteiger partial charge on any atom is 0.315 e. The van der Waals surface area contributed by atoms with Crippen LogP contribution in [0.15, 0.2) is 90.9 Å². The predicted molar refractivity (Wildman–Crippen MR) is 165 cm³/mol. The first-order valence-electron chi connectivity index (χ1n) is 13.8. The molecule has 222 valence electrons. The molecule has 2 aromatic heterocycles. The number of nitrogens with one attached hydrogen (secondary N) is 3. The highest BCUT2D eigenvalue weighted by atomic mass is 16.5. The van der Waals surface area contributed by atoms with Crippen LogP contribution in [0.1, 0.15) is 35.7 Å². The largest absolute Gasteiger partial charge is 0.468 e. The number of methoxy groups -OCH3 is 1. The molecular formula is C33H30N6O5. The summed E-state index contributed by atoms with van der Waals surface area (Å²) in [6.07, 6.45) is 6.77. The lowest BCUT2D eigenvalue weighted by atomic mass is 9.77. The van der Waals surface area contributed by atoms with Gasteiger partial charge in [-0.05, 0) is 80.4 Å². The highest BCUT2D eigenvalue weighted by Gasteiger charge is 2.39. The Bertz CT molecular complexity index is 1790. The van der Waals surface area contributed by atoms with Crippen LogP contribution in [-0.2, 0) is 19.1 Å². The molecule has 2 amide bonds. The monoisotopic (exact) mass is 590 g/mol. The molecule has 0 saturated heterocycles. The summed E-state index contributed by atoms with van der Waals surface area (Å²) in [6.45, 7) is 3.52. The molecule has 11 heteroatoms. The van der Waals surface area contributed by atoms with Gasteiger partial charge in [-0.25, -0.2) is 9.97 Å². The van der Waals surface area contributed by atoms with Gasteiger partial charge in [0.15, 0.2) is 5.78 Å². The van der Waals surface area contributed by atoms with Crippen LogP contribution in [0, 0.1) is 12.3 Å². The maximum atomic E-state index is 13.1. The number of hydrogen-bond acceptors (Lipinski definition) is 9. The first-order valence-corrected chi connectivity index (χ1v) is 13.8. The van der Waals surface area contributed by atoms with Gasteiger partial charge in [0.05, 0.1) is 23.8 Å². The van der Waals surface area contributed by atoms with Gasteiger partial charge >= 0.3 is 5.97 Å². The number of aromatic nitrogens is 3. The van der Waals surface area contributed by atoms with E-state index in [0.29, 0.717) is 22.9 Å². The second-order valence-corrected chi connectivity index (χ2v) is 10.5. The van der Waals surface area contributed by atoms with Gasteiger partial charge in [0.2, 0.25) is 5.95 Å². The van der Waals surface area contributed by atoms with Gasteiger partial charge in [0.25, 0.3) is 11.8 Å². The zero-order valence-electron chi connectivity index (χ0n) is 24.4. The fourth-order valence-electron chi connectivity index (χ4n) is 4.80. The number of amides is 2. The number of nitrogens with zero attached hydrogens (tertiary/aromatic N) is 3. The number of benzene rings is 2. The van der Waals surface area contributed by atoms with Crippen molar-refractivity contribution in [3.8, 4) is 11.3 Å². The lowest BCUT2D eigenvalue weighted by Crippen LogP contribution is -2.35. The van der Waals surface area contributed by atoms with E-state index in [2.05, 4.69) is 30.9 Å². The van der Waals surface area contributed by atoms with Crippen LogP contribution in [0.4, 0.5) is 23.0 Å². The van der Waals surface area contributed by atoms with Crippen molar-refractivity contribution in [1.82, 2.24) is 15.0 Å². The van der Waals surface area contributed by atoms with Crippen LogP contribution >= 0.6 is 0 Å². The Balaban J connectivity index is 1.25. The molecule has 1 atom stereocenters. The van der Waals surface area contributed by atoms with Crippen molar-refractivity contribution in [3.63, 3.8) is 0 Å². The molecule has 2 aromatic carbocycles. The third-order valence-corrected chi connectivity index (χ3v) is 7.26. The molecule has 0 saturated carbocycles. The quantitative estimate of drug-likeness (QED) is 0.184. The number of carbonyl (C=O) groups is 4. The third-order valence-electron chi connectivity index (χ3n) is 7.26. The van der Waals surface area contributed by atoms with E-state index in [9.17, 15) is 19.2 Å². The molecule has 5 rings (SSSR count). The average molecular weight is 591 g/mol. The molecule has 1 aliphatic rings. The predicted octanol–water partition coefficient (Wildman–Crippen LogP) is 5.25. The Morgan fingerprint density at radius 2 is 1.73 bits per heavy atom. The Kier molecular flexibility index (Phi) is 8.56. The summed E-state index contributed by atoms with van der Waals surface area (Å²) in [6, 6.07) is 17.3. The van der Waals surface area contributed by atoms with Crippen LogP contribution in [0.2, 0.25) is 0 Å². The number of aryl methyl sites for hydroxylation is 1. The molecule has 44 heavy (non-hydrogen) atoms. The van der Waals surface area contributed by atoms with Crippen LogP contribution in [0.25, 0.3) is 11.3 Å². The van der Waals surface area contributed by atoms with Crippen molar-refractivity contribution in [2.24, 2.45) is 5.41 Å². The number of carbonyl (C=O) groups excluding carboxylic acids is 4. The molecule has 2 heterocycles. The van der Waals surface area contributed by atoms with Crippen molar-refractivity contribution in [1.29, 1.82) is 0 Å². The Hall–Kier alpha value is -5.71. The SMILES string of the molecule is COC(=O)[C@]1(C)C=C(C(=O)Nc2cccc(C(=O)Nc3ccc(Nc4nccc(-c5cccnc5)n4)c(C)c3)c2)C(=O)CC1. The molecule has 1 aliphatic carbocycles. The molecule has 0 spiro atoms. The van der Waals surface area contributed by atoms with Gasteiger partial charge in [-0.1, -0.05) is 12.1 Å². The minimum Gasteiger partial charge on any atom is -0.468 e. The molecule has 0 aliphatic heterocycles. The molecule has 4 aromatic rings. The standard InChI is InChI=1S/C33H30N6O5/c1-20-16-24(9-10-26(20)38-32-35-15-12-27(39-32)22-7-5-14-34-19-22)36-29(41)21-6-4-8-23(17-21)37-30(42)25-18-33(2,31(43)44-3)13-11-28(25)40/h4-10,12,14-19H,11,13H2,1-3H3,(H,36,41)(H,37,42)(H,35,38,39)/t33-/m0/s1. The van der Waals surface area contributed by atoms with Crippen LogP contribution in [0.3, 0.4) is 0 Å². The number of ether oxygens (including phenoxy) is 1. The van der Waals surface area contributed by atoms with E-state index in [4.69, 9.17) is 4.74 Å². The molecule has 0 bridgehead atoms. The first-order chi connectivity index (χ1) is 21.1. The molecule has 0 radical (unpaired) electrons. The van der Waals surface area contributed by atoms with Crippen molar-refractivity contribution >= 4 is 46.6 Å². The Morgan fingerprint density at radius 1 is 0.932 bits per heavy atom. The van der Waals surface area contributed by atoms with E-state index in [1.54, 1.807) is 49.8 Å². The summed E-state index contributed by atoms with van der Waals surface area (Å²) in [5.41, 5.74) is 3.23. The number of rotatable bonds is 8. The van der Waals surface area contributed by atoms with Crippen LogP contribution < -0.4 is 16.0 Å². The second kappa shape index (κ2) is 12.7. The fraction of sp³-hybridized carbons (Fsp3) is 0.182. The van der Waals surface area contributed by atoms with Crippen LogP contribution in [0.5, 0.6) is 0 Å². The number of Topliss-reactive ketones (excluding diaryl/α,β-unsaturated/α-hetero) is 1. The summed E-state index contributed by atoms with van der Waals surface area (Å²) < 4.78 is 4.84. The topological polar surface area (TPSA) is 152 Å². The van der Waals surface area contributed by atoms with E-state index >= 15 is 0 Å². The van der Waals surface area contributed by atoms with Gasteiger partial charge in [-0.3, -0.25) is 24.2 Å². The van der Waals surface area contributed by atoms with E-state index in [1.165, 1.54) is 19.3 Å². The fourth-order valence-corrected chi connectivity index (χ4v) is 4.80. The molecule has 3 N–H and O–H groups in total. The molecule has 11 nitrogen and oxygen atoms in total. The normalized spacial score (nSPS) is 16.0. The zero-order chi connectivity index (χ0) is 31.3. The molecular weight excluding hydrogens is 560 g/mol. The Morgan fingerprint density at radius 3 is 2.48 bits per heavy atom. The first kappa shape index (κ1) is 29.8. The van der Waals surface area contributed by atoms with Crippen molar-refractivity contribution in [2.45, 2.75) is 26.7 Å². The zero-order valence-corrected chi connectivity index (χ0v) is 24.4. The van der Waals surface area contributed by atoms with Gasteiger partial charge in [0.1, 0.15) is 0 Å². The number of ketones is 1. The van der Waals surface area contributed by atoms with E-state index in [-0.39, 0.29) is 30.1 Å². The van der Waals surface area contributed by atoms with E-state index < -0.39 is 17.3 Å².